The second-order valence-electron chi connectivity index (χ2n) is 4.44. The molecule has 0 aliphatic rings. The van der Waals surface area contributed by atoms with Crippen molar-refractivity contribution < 1.29 is 13.2 Å². The molecule has 3 aromatic rings. The number of aromatic nitrogens is 2. The van der Waals surface area contributed by atoms with E-state index in [0.717, 1.165) is 6.07 Å². The van der Waals surface area contributed by atoms with Crippen molar-refractivity contribution in [2.45, 2.75) is 6.18 Å². The van der Waals surface area contributed by atoms with Crippen molar-refractivity contribution in [2.75, 3.05) is 0 Å². The first-order valence-corrected chi connectivity index (χ1v) is 6.06. The molecule has 0 aliphatic carbocycles. The molecule has 0 aliphatic heterocycles. The third-order valence-electron chi connectivity index (χ3n) is 3.12. The lowest BCUT2D eigenvalue weighted by molar-refractivity contribution is -0.137. The van der Waals surface area contributed by atoms with Gasteiger partial charge in [0, 0.05) is 5.56 Å². The zero-order valence-corrected chi connectivity index (χ0v) is 10.6. The fourth-order valence-corrected chi connectivity index (χ4v) is 2.19. The molecule has 0 atom stereocenters. The van der Waals surface area contributed by atoms with E-state index in [1.807, 2.05) is 6.07 Å². The quantitative estimate of drug-likeness (QED) is 0.732. The molecule has 0 spiro atoms. The number of rotatable bonds is 1. The van der Waals surface area contributed by atoms with Gasteiger partial charge < -0.3 is 4.98 Å². The highest BCUT2D eigenvalue weighted by molar-refractivity contribution is 5.84. The standard InChI is InChI=1S/C15H8F3N3/c16-15(17,18)11-6-2-1-5-10(11)14-20-12-7-3-4-9(8-19)13(12)21-14/h1-7H,(H,20,21). The Morgan fingerprint density at radius 3 is 2.52 bits per heavy atom. The second kappa shape index (κ2) is 4.63. The summed E-state index contributed by atoms with van der Waals surface area (Å²) < 4.78 is 39.1. The van der Waals surface area contributed by atoms with E-state index in [4.69, 9.17) is 5.26 Å². The molecule has 1 heterocycles. The zero-order valence-electron chi connectivity index (χ0n) is 10.6. The topological polar surface area (TPSA) is 52.5 Å². The van der Waals surface area contributed by atoms with Gasteiger partial charge in [-0.15, -0.1) is 0 Å². The van der Waals surface area contributed by atoms with Crippen LogP contribution < -0.4 is 0 Å². The SMILES string of the molecule is N#Cc1cccc2[nH]c(-c3ccccc3C(F)(F)F)nc12. The summed E-state index contributed by atoms with van der Waals surface area (Å²) in [5.41, 5.74) is 0.417. The van der Waals surface area contributed by atoms with E-state index in [1.165, 1.54) is 18.2 Å². The van der Waals surface area contributed by atoms with Crippen molar-refractivity contribution >= 4 is 11.0 Å². The minimum absolute atomic E-state index is 0.0370. The Labute approximate surface area is 117 Å². The minimum atomic E-state index is -4.46. The van der Waals surface area contributed by atoms with E-state index in [-0.39, 0.29) is 11.4 Å². The average Bonchev–Trinajstić information content (AvgIpc) is 2.90. The number of H-pyrrole nitrogens is 1. The Kier molecular flexibility index (Phi) is 2.91. The van der Waals surface area contributed by atoms with Crippen LogP contribution in [0.1, 0.15) is 11.1 Å². The number of fused-ring (bicyclic) bond motifs is 1. The van der Waals surface area contributed by atoms with E-state index in [9.17, 15) is 13.2 Å². The summed E-state index contributed by atoms with van der Waals surface area (Å²) in [7, 11) is 0. The van der Waals surface area contributed by atoms with Gasteiger partial charge in [-0.3, -0.25) is 0 Å². The monoisotopic (exact) mass is 287 g/mol. The number of benzene rings is 2. The molecule has 6 heteroatoms. The van der Waals surface area contributed by atoms with Gasteiger partial charge in [0.25, 0.3) is 0 Å². The van der Waals surface area contributed by atoms with E-state index in [0.29, 0.717) is 16.6 Å². The van der Waals surface area contributed by atoms with Gasteiger partial charge in [0.05, 0.1) is 16.6 Å². The maximum atomic E-state index is 13.0. The van der Waals surface area contributed by atoms with Crippen LogP contribution in [0.4, 0.5) is 13.2 Å². The molecule has 3 rings (SSSR count). The Balaban J connectivity index is 2.25. The third kappa shape index (κ3) is 2.23. The van der Waals surface area contributed by atoms with Gasteiger partial charge in [0.1, 0.15) is 17.4 Å². The van der Waals surface area contributed by atoms with Gasteiger partial charge in [-0.2, -0.15) is 18.4 Å². The van der Waals surface area contributed by atoms with Crippen molar-refractivity contribution in [3.8, 4) is 17.5 Å². The van der Waals surface area contributed by atoms with Crippen LogP contribution >= 0.6 is 0 Å². The van der Waals surface area contributed by atoms with E-state index in [1.54, 1.807) is 18.2 Å². The maximum absolute atomic E-state index is 13.0. The average molecular weight is 287 g/mol. The Hall–Kier alpha value is -2.81. The fourth-order valence-electron chi connectivity index (χ4n) is 2.19. The van der Waals surface area contributed by atoms with Gasteiger partial charge in [0.2, 0.25) is 0 Å². The maximum Gasteiger partial charge on any atom is 0.417 e. The lowest BCUT2D eigenvalue weighted by Crippen LogP contribution is -2.07. The van der Waals surface area contributed by atoms with Crippen LogP contribution in [0, 0.1) is 11.3 Å². The minimum Gasteiger partial charge on any atom is -0.338 e. The molecule has 0 saturated heterocycles. The number of hydrogen-bond acceptors (Lipinski definition) is 2. The van der Waals surface area contributed by atoms with Gasteiger partial charge >= 0.3 is 6.18 Å². The van der Waals surface area contributed by atoms with E-state index < -0.39 is 11.7 Å². The summed E-state index contributed by atoms with van der Waals surface area (Å²) in [5, 5.41) is 9.02. The number of alkyl halides is 3. The van der Waals surface area contributed by atoms with E-state index >= 15 is 0 Å². The van der Waals surface area contributed by atoms with Crippen LogP contribution in [0.25, 0.3) is 22.4 Å². The molecule has 21 heavy (non-hydrogen) atoms. The molecular weight excluding hydrogens is 279 g/mol. The van der Waals surface area contributed by atoms with Crippen molar-refractivity contribution in [3.63, 3.8) is 0 Å². The first kappa shape index (κ1) is 13.2. The molecule has 0 amide bonds. The van der Waals surface area contributed by atoms with Crippen LogP contribution in [0.5, 0.6) is 0 Å². The van der Waals surface area contributed by atoms with Gasteiger partial charge in [-0.1, -0.05) is 24.3 Å². The highest BCUT2D eigenvalue weighted by Gasteiger charge is 2.34. The van der Waals surface area contributed by atoms with Crippen LogP contribution in [0.15, 0.2) is 42.5 Å². The summed E-state index contributed by atoms with van der Waals surface area (Å²) in [6.07, 6.45) is -4.46. The van der Waals surface area contributed by atoms with Crippen molar-refractivity contribution in [1.29, 1.82) is 5.26 Å². The van der Waals surface area contributed by atoms with Crippen molar-refractivity contribution in [1.82, 2.24) is 9.97 Å². The number of nitrogens with zero attached hydrogens (tertiary/aromatic N) is 2. The van der Waals surface area contributed by atoms with Gasteiger partial charge in [-0.05, 0) is 18.2 Å². The summed E-state index contributed by atoms with van der Waals surface area (Å²) in [6.45, 7) is 0. The highest BCUT2D eigenvalue weighted by atomic mass is 19.4. The molecule has 0 unspecified atom stereocenters. The van der Waals surface area contributed by atoms with Crippen LogP contribution in [-0.2, 0) is 6.18 Å². The number of para-hydroxylation sites is 1. The molecule has 1 N–H and O–H groups in total. The van der Waals surface area contributed by atoms with E-state index in [2.05, 4.69) is 9.97 Å². The number of hydrogen-bond donors (Lipinski definition) is 1. The molecule has 0 fully saturated rings. The molecule has 2 aromatic carbocycles. The highest BCUT2D eigenvalue weighted by Crippen LogP contribution is 2.36. The smallest absolute Gasteiger partial charge is 0.338 e. The predicted molar refractivity (Wildman–Crippen MR) is 71.2 cm³/mol. The molecule has 104 valence electrons. The molecule has 0 saturated carbocycles. The van der Waals surface area contributed by atoms with Crippen molar-refractivity contribution in [2.24, 2.45) is 0 Å². The van der Waals surface area contributed by atoms with Gasteiger partial charge in [0.15, 0.2) is 0 Å². The molecule has 0 radical (unpaired) electrons. The zero-order chi connectivity index (χ0) is 15.0. The first-order chi connectivity index (χ1) is 10.0. The second-order valence-corrected chi connectivity index (χ2v) is 4.44. The number of nitriles is 1. The first-order valence-electron chi connectivity index (χ1n) is 6.06. The van der Waals surface area contributed by atoms with Crippen molar-refractivity contribution in [3.05, 3.63) is 53.6 Å². The summed E-state index contributed by atoms with van der Waals surface area (Å²) in [5.74, 6) is 0.0978. The number of halogens is 3. The molecule has 0 bridgehead atoms. The molecule has 1 aromatic heterocycles. The van der Waals surface area contributed by atoms with Crippen LogP contribution in [0.3, 0.4) is 0 Å². The molecular formula is C15H8F3N3. The predicted octanol–water partition coefficient (Wildman–Crippen LogP) is 4.12. The third-order valence-corrected chi connectivity index (χ3v) is 3.12. The Morgan fingerprint density at radius 1 is 1.05 bits per heavy atom. The number of imidazole rings is 1. The van der Waals surface area contributed by atoms with Crippen LogP contribution in [0.2, 0.25) is 0 Å². The lowest BCUT2D eigenvalue weighted by Gasteiger charge is -2.10. The lowest BCUT2D eigenvalue weighted by atomic mass is 10.1. The Bertz CT molecular complexity index is 856. The number of aromatic amines is 1. The number of nitrogens with one attached hydrogen (secondary N) is 1. The summed E-state index contributed by atoms with van der Waals surface area (Å²) in [6, 6.07) is 12.1. The van der Waals surface area contributed by atoms with Crippen LogP contribution in [-0.4, -0.2) is 9.97 Å². The molecule has 3 nitrogen and oxygen atoms in total. The normalized spacial score (nSPS) is 11.5. The summed E-state index contributed by atoms with van der Waals surface area (Å²) >= 11 is 0. The fraction of sp³-hybridized carbons (Fsp3) is 0.0667. The Morgan fingerprint density at radius 2 is 1.81 bits per heavy atom. The largest absolute Gasteiger partial charge is 0.417 e. The van der Waals surface area contributed by atoms with Gasteiger partial charge in [-0.25, -0.2) is 4.98 Å². The summed E-state index contributed by atoms with van der Waals surface area (Å²) in [4.78, 5) is 6.99.